The number of aliphatic hydroxyl groups is 1. The molecule has 0 aliphatic heterocycles. The summed E-state index contributed by atoms with van der Waals surface area (Å²) in [6.07, 6.45) is 15.6. The zero-order valence-electron chi connectivity index (χ0n) is 20.9. The number of hydrogen-bond acceptors (Lipinski definition) is 3. The van der Waals surface area contributed by atoms with Crippen LogP contribution in [0.1, 0.15) is 92.4 Å². The molecular formula is C28H44O3S. The average Bonchev–Trinajstić information content (AvgIpc) is 3.05. The Morgan fingerprint density at radius 3 is 2.59 bits per heavy atom. The Kier molecular flexibility index (Phi) is 7.66. The van der Waals surface area contributed by atoms with E-state index in [0.717, 1.165) is 25.7 Å². The molecule has 0 aromatic carbocycles. The minimum Gasteiger partial charge on any atom is -0.393 e. The number of allylic oxidation sites excluding steroid dienone is 5. The molecule has 0 radical (unpaired) electrons. The van der Waals surface area contributed by atoms with E-state index < -0.39 is 14.6 Å². The van der Waals surface area contributed by atoms with E-state index in [9.17, 15) is 13.5 Å². The Morgan fingerprint density at radius 1 is 1.19 bits per heavy atom. The predicted octanol–water partition coefficient (Wildman–Crippen LogP) is 6.91. The van der Waals surface area contributed by atoms with E-state index in [1.54, 1.807) is 26.3 Å². The highest BCUT2D eigenvalue weighted by atomic mass is 32.2. The van der Waals surface area contributed by atoms with Gasteiger partial charge in [0.05, 0.1) is 10.9 Å². The summed E-state index contributed by atoms with van der Waals surface area (Å²) in [5, 5.41) is 11.5. The third-order valence-electron chi connectivity index (χ3n) is 8.55. The summed E-state index contributed by atoms with van der Waals surface area (Å²) in [7, 11) is -3.21. The first kappa shape index (κ1) is 25.5. The Hall–Kier alpha value is -1.13. The van der Waals surface area contributed by atoms with Crippen LogP contribution in [0.5, 0.6) is 0 Å². The molecule has 0 aromatic heterocycles. The van der Waals surface area contributed by atoms with Crippen molar-refractivity contribution in [1.82, 2.24) is 0 Å². The summed E-state index contributed by atoms with van der Waals surface area (Å²) >= 11 is 0. The molecule has 0 bridgehead atoms. The number of aliphatic hydroxyl groups excluding tert-OH is 1. The molecule has 1 unspecified atom stereocenters. The van der Waals surface area contributed by atoms with E-state index in [1.807, 2.05) is 6.08 Å². The molecule has 0 spiro atoms. The first-order valence-corrected chi connectivity index (χ1v) is 14.1. The van der Waals surface area contributed by atoms with Crippen molar-refractivity contribution in [3.8, 4) is 0 Å². The first-order chi connectivity index (χ1) is 14.8. The van der Waals surface area contributed by atoms with Gasteiger partial charge in [-0.1, -0.05) is 49.8 Å². The van der Waals surface area contributed by atoms with Gasteiger partial charge < -0.3 is 5.11 Å². The van der Waals surface area contributed by atoms with Gasteiger partial charge in [0.25, 0.3) is 0 Å². The average molecular weight is 461 g/mol. The second-order valence-electron chi connectivity index (χ2n) is 11.8. The maximum absolute atomic E-state index is 12.4. The standard InChI is InChI=1S/C28H44O3S/c1-20-11-14-24(29)19-23(20)13-12-22-10-7-17-28(6)25(15-16-26(22)28)21(2)9-8-18-32(30,31)27(3,4)5/h8,12-13,18,21,24-26,29H,1,7,9-11,14-17,19H2,2-6H3/b18-8+,22-12+,23-13-/t21-,24+,25?,26+,28-/m1/s1. The van der Waals surface area contributed by atoms with Gasteiger partial charge in [-0.2, -0.15) is 0 Å². The van der Waals surface area contributed by atoms with Crippen molar-refractivity contribution >= 4 is 9.84 Å². The summed E-state index contributed by atoms with van der Waals surface area (Å²) < 4.78 is 24.1. The Bertz CT molecular complexity index is 899. The van der Waals surface area contributed by atoms with Gasteiger partial charge in [0.15, 0.2) is 9.84 Å². The lowest BCUT2D eigenvalue weighted by Gasteiger charge is -2.44. The normalized spacial score (nSPS) is 35.6. The van der Waals surface area contributed by atoms with Gasteiger partial charge in [-0.3, -0.25) is 0 Å². The van der Waals surface area contributed by atoms with Crippen LogP contribution in [0.3, 0.4) is 0 Å². The van der Waals surface area contributed by atoms with Crippen LogP contribution >= 0.6 is 0 Å². The molecule has 3 nitrogen and oxygen atoms in total. The highest BCUT2D eigenvalue weighted by Crippen LogP contribution is 2.59. The van der Waals surface area contributed by atoms with Gasteiger partial charge in [0.1, 0.15) is 0 Å². The van der Waals surface area contributed by atoms with Crippen LogP contribution in [0.2, 0.25) is 0 Å². The Labute approximate surface area is 196 Å². The van der Waals surface area contributed by atoms with Crippen LogP contribution in [0, 0.1) is 23.2 Å². The number of fused-ring (bicyclic) bond motifs is 1. The molecule has 3 rings (SSSR count). The van der Waals surface area contributed by atoms with Gasteiger partial charge in [-0.15, -0.1) is 0 Å². The summed E-state index contributed by atoms with van der Waals surface area (Å²) in [5.41, 5.74) is 4.26. The topological polar surface area (TPSA) is 54.4 Å². The lowest BCUT2D eigenvalue weighted by molar-refractivity contribution is 0.0985. The number of sulfone groups is 1. The minimum absolute atomic E-state index is 0.228. The summed E-state index contributed by atoms with van der Waals surface area (Å²) in [5.74, 6) is 1.71. The van der Waals surface area contributed by atoms with E-state index in [2.05, 4.69) is 32.6 Å². The molecule has 0 saturated heterocycles. The van der Waals surface area contributed by atoms with Crippen LogP contribution in [-0.2, 0) is 9.84 Å². The van der Waals surface area contributed by atoms with Gasteiger partial charge in [-0.25, -0.2) is 8.42 Å². The van der Waals surface area contributed by atoms with Crippen LogP contribution in [0.15, 0.2) is 46.9 Å². The summed E-state index contributed by atoms with van der Waals surface area (Å²) in [6.45, 7) is 14.3. The largest absolute Gasteiger partial charge is 0.393 e. The molecule has 0 heterocycles. The fourth-order valence-electron chi connectivity index (χ4n) is 6.37. The van der Waals surface area contributed by atoms with Gasteiger partial charge in [0.2, 0.25) is 0 Å². The van der Waals surface area contributed by atoms with E-state index in [0.29, 0.717) is 23.2 Å². The summed E-state index contributed by atoms with van der Waals surface area (Å²) in [6, 6.07) is 0. The second-order valence-corrected chi connectivity index (χ2v) is 14.4. The van der Waals surface area contributed by atoms with Crippen molar-refractivity contribution in [1.29, 1.82) is 0 Å². The molecule has 0 amide bonds. The molecule has 1 N–H and O–H groups in total. The molecule has 5 atom stereocenters. The zero-order valence-corrected chi connectivity index (χ0v) is 21.7. The van der Waals surface area contributed by atoms with E-state index >= 15 is 0 Å². The molecular weight excluding hydrogens is 416 g/mol. The first-order valence-electron chi connectivity index (χ1n) is 12.5. The van der Waals surface area contributed by atoms with E-state index in [4.69, 9.17) is 0 Å². The molecule has 32 heavy (non-hydrogen) atoms. The maximum atomic E-state index is 12.4. The molecule has 3 saturated carbocycles. The third kappa shape index (κ3) is 5.33. The van der Waals surface area contributed by atoms with Crippen LogP contribution < -0.4 is 0 Å². The van der Waals surface area contributed by atoms with Gasteiger partial charge in [-0.05, 0) is 107 Å². The van der Waals surface area contributed by atoms with E-state index in [1.165, 1.54) is 48.7 Å². The van der Waals surface area contributed by atoms with Crippen molar-refractivity contribution in [2.75, 3.05) is 0 Å². The van der Waals surface area contributed by atoms with E-state index in [-0.39, 0.29) is 6.10 Å². The quantitative estimate of drug-likeness (QED) is 0.485. The van der Waals surface area contributed by atoms with Crippen molar-refractivity contribution in [2.45, 2.75) is 103 Å². The molecule has 3 aliphatic rings. The minimum atomic E-state index is -3.21. The SMILES string of the molecule is C=C1CC[C@H](O)C/C1=C/C=C1\CCC[C@]2(C)C([C@H](C)C/C=C/S(=O)(=O)C(C)(C)C)CC[C@@H]12. The third-order valence-corrected chi connectivity index (χ3v) is 10.8. The highest BCUT2D eigenvalue weighted by Gasteiger charge is 2.50. The van der Waals surface area contributed by atoms with Crippen LogP contribution in [0.4, 0.5) is 0 Å². The Morgan fingerprint density at radius 2 is 1.91 bits per heavy atom. The number of hydrogen-bond donors (Lipinski definition) is 1. The summed E-state index contributed by atoms with van der Waals surface area (Å²) in [4.78, 5) is 0. The maximum Gasteiger partial charge on any atom is 0.176 e. The van der Waals surface area contributed by atoms with Crippen LogP contribution in [-0.4, -0.2) is 24.4 Å². The fourth-order valence-corrected chi connectivity index (χ4v) is 7.15. The molecule has 3 fully saturated rings. The zero-order chi connectivity index (χ0) is 23.7. The second kappa shape index (κ2) is 9.62. The fraction of sp³-hybridized carbons (Fsp3) is 0.714. The predicted molar refractivity (Wildman–Crippen MR) is 135 cm³/mol. The van der Waals surface area contributed by atoms with Gasteiger partial charge in [0, 0.05) is 5.41 Å². The van der Waals surface area contributed by atoms with Gasteiger partial charge >= 0.3 is 0 Å². The number of rotatable bonds is 5. The molecule has 0 aromatic rings. The molecule has 4 heteroatoms. The van der Waals surface area contributed by atoms with Crippen molar-refractivity contribution in [3.63, 3.8) is 0 Å². The lowest BCUT2D eigenvalue weighted by Crippen LogP contribution is -2.35. The van der Waals surface area contributed by atoms with Crippen molar-refractivity contribution in [2.24, 2.45) is 23.2 Å². The Balaban J connectivity index is 1.72. The molecule has 3 aliphatic carbocycles. The lowest BCUT2D eigenvalue weighted by atomic mass is 9.61. The highest BCUT2D eigenvalue weighted by molar-refractivity contribution is 7.95. The van der Waals surface area contributed by atoms with Crippen molar-refractivity contribution in [3.05, 3.63) is 46.9 Å². The monoisotopic (exact) mass is 460 g/mol. The smallest absolute Gasteiger partial charge is 0.176 e. The van der Waals surface area contributed by atoms with Crippen molar-refractivity contribution < 1.29 is 13.5 Å². The van der Waals surface area contributed by atoms with Crippen LogP contribution in [0.25, 0.3) is 0 Å². The molecule has 180 valence electrons.